The molecule has 1 unspecified atom stereocenters. The van der Waals surface area contributed by atoms with Crippen LogP contribution in [0.3, 0.4) is 0 Å². The summed E-state index contributed by atoms with van der Waals surface area (Å²) in [5.41, 5.74) is -0.122. The molecule has 18 heavy (non-hydrogen) atoms. The van der Waals surface area contributed by atoms with Gasteiger partial charge in [-0.1, -0.05) is 20.8 Å². The number of hydrogen-bond donors (Lipinski definition) is 0. The Kier molecular flexibility index (Phi) is 4.41. The Morgan fingerprint density at radius 3 is 2.06 bits per heavy atom. The predicted molar refractivity (Wildman–Crippen MR) is 64.0 cm³/mol. The monoisotopic (exact) mass is 262 g/mol. The quantitative estimate of drug-likeness (QED) is 0.648. The molecule has 0 fully saturated rings. The van der Waals surface area contributed by atoms with E-state index < -0.39 is 17.6 Å². The fraction of sp³-hybridized carbons (Fsp3) is 0.571. The van der Waals surface area contributed by atoms with E-state index >= 15 is 0 Å². The molecular formula is C14H18F4. The highest BCUT2D eigenvalue weighted by Crippen LogP contribution is 2.36. The predicted octanol–water partition coefficient (Wildman–Crippen LogP) is 5.30. The Morgan fingerprint density at radius 2 is 1.72 bits per heavy atom. The van der Waals surface area contributed by atoms with Crippen LogP contribution in [0.1, 0.15) is 49.8 Å². The zero-order chi connectivity index (χ0) is 14.1. The molecule has 0 heterocycles. The van der Waals surface area contributed by atoms with Crippen LogP contribution >= 0.6 is 0 Å². The number of halogens is 4. The van der Waals surface area contributed by atoms with Crippen molar-refractivity contribution in [2.24, 2.45) is 5.92 Å². The molecule has 102 valence electrons. The van der Waals surface area contributed by atoms with Crippen LogP contribution in [-0.4, -0.2) is 0 Å². The zero-order valence-corrected chi connectivity index (χ0v) is 11.0. The lowest BCUT2D eigenvalue weighted by molar-refractivity contribution is -0.137. The van der Waals surface area contributed by atoms with E-state index in [1.54, 1.807) is 6.92 Å². The highest BCUT2D eigenvalue weighted by molar-refractivity contribution is 5.36. The number of rotatable bonds is 3. The first kappa shape index (κ1) is 15.0. The SMILES string of the molecule is CCC(c1c(C)cc(C(F)(F)F)cc1F)C(C)C. The van der Waals surface area contributed by atoms with E-state index in [2.05, 4.69) is 0 Å². The van der Waals surface area contributed by atoms with Gasteiger partial charge in [0.2, 0.25) is 0 Å². The van der Waals surface area contributed by atoms with Crippen LogP contribution < -0.4 is 0 Å². The summed E-state index contributed by atoms with van der Waals surface area (Å²) in [4.78, 5) is 0. The lowest BCUT2D eigenvalue weighted by Gasteiger charge is -2.23. The standard InChI is InChI=1S/C14H18F4/c1-5-11(8(2)3)13-9(4)6-10(7-12(13)15)14(16,17)18/h6-8,11H,5H2,1-4H3. The molecule has 0 spiro atoms. The van der Waals surface area contributed by atoms with E-state index in [-0.39, 0.29) is 11.8 Å². The minimum atomic E-state index is -4.50. The Labute approximate surface area is 105 Å². The molecule has 0 aliphatic heterocycles. The minimum Gasteiger partial charge on any atom is -0.207 e. The summed E-state index contributed by atoms with van der Waals surface area (Å²) in [6, 6.07) is 1.64. The highest BCUT2D eigenvalue weighted by atomic mass is 19.4. The van der Waals surface area contributed by atoms with E-state index in [0.29, 0.717) is 23.6 Å². The van der Waals surface area contributed by atoms with E-state index in [4.69, 9.17) is 0 Å². The van der Waals surface area contributed by atoms with Gasteiger partial charge in [0, 0.05) is 0 Å². The first-order valence-electron chi connectivity index (χ1n) is 6.05. The van der Waals surface area contributed by atoms with Crippen molar-refractivity contribution in [2.75, 3.05) is 0 Å². The van der Waals surface area contributed by atoms with Crippen molar-refractivity contribution < 1.29 is 17.6 Å². The third-order valence-corrected chi connectivity index (χ3v) is 3.28. The van der Waals surface area contributed by atoms with Gasteiger partial charge in [0.1, 0.15) is 5.82 Å². The van der Waals surface area contributed by atoms with E-state index in [1.165, 1.54) is 0 Å². The van der Waals surface area contributed by atoms with Crippen LogP contribution in [0, 0.1) is 18.7 Å². The average Bonchev–Trinajstić information content (AvgIpc) is 2.20. The van der Waals surface area contributed by atoms with Gasteiger partial charge in [0.15, 0.2) is 0 Å². The van der Waals surface area contributed by atoms with Crippen molar-refractivity contribution in [3.8, 4) is 0 Å². The molecule has 0 aromatic heterocycles. The molecule has 1 rings (SSSR count). The molecule has 1 aromatic carbocycles. The maximum atomic E-state index is 13.9. The Balaban J connectivity index is 3.32. The lowest BCUT2D eigenvalue weighted by Crippen LogP contribution is -2.13. The van der Waals surface area contributed by atoms with Gasteiger partial charge in [-0.2, -0.15) is 13.2 Å². The van der Waals surface area contributed by atoms with Gasteiger partial charge >= 0.3 is 6.18 Å². The van der Waals surface area contributed by atoms with Gasteiger partial charge in [0.25, 0.3) is 0 Å². The van der Waals surface area contributed by atoms with E-state index in [1.807, 2.05) is 20.8 Å². The van der Waals surface area contributed by atoms with Crippen LogP contribution in [-0.2, 0) is 6.18 Å². The van der Waals surface area contributed by atoms with E-state index in [9.17, 15) is 17.6 Å². The molecule has 0 radical (unpaired) electrons. The molecule has 0 nitrogen and oxygen atoms in total. The number of aryl methyl sites for hydroxylation is 1. The van der Waals surface area contributed by atoms with Gasteiger partial charge in [-0.3, -0.25) is 0 Å². The van der Waals surface area contributed by atoms with Crippen LogP contribution in [0.25, 0.3) is 0 Å². The summed E-state index contributed by atoms with van der Waals surface area (Å²) >= 11 is 0. The number of hydrogen-bond acceptors (Lipinski definition) is 0. The van der Waals surface area contributed by atoms with Crippen LogP contribution in [0.2, 0.25) is 0 Å². The molecule has 4 heteroatoms. The fourth-order valence-electron chi connectivity index (χ4n) is 2.40. The van der Waals surface area contributed by atoms with Gasteiger partial charge in [0.05, 0.1) is 5.56 Å². The smallest absolute Gasteiger partial charge is 0.207 e. The molecule has 0 amide bonds. The zero-order valence-electron chi connectivity index (χ0n) is 11.0. The molecule has 0 saturated carbocycles. The molecule has 1 atom stereocenters. The van der Waals surface area contributed by atoms with Crippen molar-refractivity contribution in [3.05, 3.63) is 34.6 Å². The summed E-state index contributed by atoms with van der Waals surface area (Å²) in [5, 5.41) is 0. The second-order valence-corrected chi connectivity index (χ2v) is 4.95. The maximum Gasteiger partial charge on any atom is 0.416 e. The third-order valence-electron chi connectivity index (χ3n) is 3.28. The third kappa shape index (κ3) is 3.03. The first-order valence-corrected chi connectivity index (χ1v) is 6.05. The second-order valence-electron chi connectivity index (χ2n) is 4.95. The van der Waals surface area contributed by atoms with Crippen molar-refractivity contribution in [3.63, 3.8) is 0 Å². The van der Waals surface area contributed by atoms with Gasteiger partial charge in [-0.05, 0) is 48.4 Å². The van der Waals surface area contributed by atoms with Crippen molar-refractivity contribution in [2.45, 2.75) is 46.2 Å². The summed E-state index contributed by atoms with van der Waals surface area (Å²) in [6.07, 6.45) is -3.79. The molecule has 0 bridgehead atoms. The summed E-state index contributed by atoms with van der Waals surface area (Å²) in [6.45, 7) is 7.36. The van der Waals surface area contributed by atoms with Gasteiger partial charge in [-0.25, -0.2) is 4.39 Å². The molecule has 0 aliphatic carbocycles. The van der Waals surface area contributed by atoms with Crippen LogP contribution in [0.5, 0.6) is 0 Å². The molecule has 1 aromatic rings. The topological polar surface area (TPSA) is 0 Å². The van der Waals surface area contributed by atoms with Crippen LogP contribution in [0.15, 0.2) is 12.1 Å². The van der Waals surface area contributed by atoms with Crippen LogP contribution in [0.4, 0.5) is 17.6 Å². The van der Waals surface area contributed by atoms with Gasteiger partial charge in [-0.15, -0.1) is 0 Å². The largest absolute Gasteiger partial charge is 0.416 e. The Bertz CT molecular complexity index is 395. The Morgan fingerprint density at radius 1 is 1.17 bits per heavy atom. The van der Waals surface area contributed by atoms with E-state index in [0.717, 1.165) is 6.07 Å². The van der Waals surface area contributed by atoms with Crippen molar-refractivity contribution >= 4 is 0 Å². The highest BCUT2D eigenvalue weighted by Gasteiger charge is 2.33. The molecule has 0 N–H and O–H groups in total. The second kappa shape index (κ2) is 5.29. The number of alkyl halides is 3. The minimum absolute atomic E-state index is 0.0488. The molecule has 0 saturated heterocycles. The van der Waals surface area contributed by atoms with Crippen molar-refractivity contribution in [1.82, 2.24) is 0 Å². The average molecular weight is 262 g/mol. The molecular weight excluding hydrogens is 244 g/mol. The summed E-state index contributed by atoms with van der Waals surface area (Å²) in [5.74, 6) is -0.602. The summed E-state index contributed by atoms with van der Waals surface area (Å²) in [7, 11) is 0. The molecule has 0 aliphatic rings. The fourth-order valence-corrected chi connectivity index (χ4v) is 2.40. The maximum absolute atomic E-state index is 13.9. The summed E-state index contributed by atoms with van der Waals surface area (Å²) < 4.78 is 51.6. The lowest BCUT2D eigenvalue weighted by atomic mass is 9.83. The van der Waals surface area contributed by atoms with Gasteiger partial charge < -0.3 is 0 Å². The van der Waals surface area contributed by atoms with Crippen molar-refractivity contribution in [1.29, 1.82) is 0 Å². The first-order chi connectivity index (χ1) is 8.18. The Hall–Kier alpha value is -1.06. The normalized spacial score (nSPS) is 14.1. The number of benzene rings is 1.